The second-order valence-corrected chi connectivity index (χ2v) is 5.42. The fourth-order valence-corrected chi connectivity index (χ4v) is 2.77. The second kappa shape index (κ2) is 5.73. The number of methoxy groups -OCH3 is 1. The smallest absolute Gasteiger partial charge is 0.410 e. The second-order valence-electron chi connectivity index (χ2n) is 5.42. The number of ether oxygens (including phenoxy) is 1. The number of benzene rings is 1. The highest BCUT2D eigenvalue weighted by atomic mass is 19.4. The summed E-state index contributed by atoms with van der Waals surface area (Å²) < 4.78 is 45.9. The van der Waals surface area contributed by atoms with E-state index < -0.39 is 24.2 Å². The molecule has 2 aromatic rings. The lowest BCUT2D eigenvalue weighted by atomic mass is 9.96. The Morgan fingerprint density at radius 2 is 2.04 bits per heavy atom. The number of nitrogens with one attached hydrogen (secondary N) is 1. The van der Waals surface area contributed by atoms with Crippen LogP contribution in [0.4, 0.5) is 19.0 Å². The van der Waals surface area contributed by atoms with Crippen LogP contribution >= 0.6 is 0 Å². The molecule has 9 heteroatoms. The first-order valence-corrected chi connectivity index (χ1v) is 7.09. The summed E-state index contributed by atoms with van der Waals surface area (Å²) in [6.07, 6.45) is -3.90. The quantitative estimate of drug-likeness (QED) is 0.896. The van der Waals surface area contributed by atoms with Gasteiger partial charge in [-0.3, -0.25) is 0 Å². The zero-order chi connectivity index (χ0) is 17.5. The van der Waals surface area contributed by atoms with Gasteiger partial charge in [-0.1, -0.05) is 12.1 Å². The molecule has 1 aliphatic rings. The SMILES string of the molecule is COc1ccc([C@H]2C[C@H](C(F)(F)F)n3ncc(C(=O)O)c3N2)cc1. The number of aromatic carboxylic acids is 1. The van der Waals surface area contributed by atoms with Gasteiger partial charge < -0.3 is 15.2 Å². The van der Waals surface area contributed by atoms with E-state index in [2.05, 4.69) is 10.4 Å². The molecule has 1 aromatic heterocycles. The van der Waals surface area contributed by atoms with Crippen LogP contribution in [0.1, 0.15) is 34.4 Å². The molecular formula is C15H14F3N3O3. The van der Waals surface area contributed by atoms with Crippen LogP contribution < -0.4 is 10.1 Å². The number of fused-ring (bicyclic) bond motifs is 1. The van der Waals surface area contributed by atoms with Crippen molar-refractivity contribution in [2.45, 2.75) is 24.7 Å². The summed E-state index contributed by atoms with van der Waals surface area (Å²) in [6, 6.07) is 4.00. The van der Waals surface area contributed by atoms with Crippen molar-refractivity contribution in [1.29, 1.82) is 0 Å². The van der Waals surface area contributed by atoms with Crippen LogP contribution in [-0.4, -0.2) is 34.1 Å². The molecule has 0 unspecified atom stereocenters. The van der Waals surface area contributed by atoms with Gasteiger partial charge in [-0.05, 0) is 17.7 Å². The molecule has 24 heavy (non-hydrogen) atoms. The van der Waals surface area contributed by atoms with Crippen molar-refractivity contribution in [3.05, 3.63) is 41.6 Å². The molecule has 0 amide bonds. The average Bonchev–Trinajstić information content (AvgIpc) is 2.97. The van der Waals surface area contributed by atoms with Gasteiger partial charge in [0.25, 0.3) is 0 Å². The van der Waals surface area contributed by atoms with Gasteiger partial charge in [0.05, 0.1) is 19.3 Å². The first-order chi connectivity index (χ1) is 11.3. The maximum atomic E-state index is 13.4. The number of anilines is 1. The van der Waals surface area contributed by atoms with E-state index in [0.717, 1.165) is 6.20 Å². The molecule has 0 saturated carbocycles. The van der Waals surface area contributed by atoms with Crippen LogP contribution in [0.15, 0.2) is 30.5 Å². The molecule has 0 radical (unpaired) electrons. The number of carbonyl (C=O) groups is 1. The van der Waals surface area contributed by atoms with Gasteiger partial charge >= 0.3 is 12.1 Å². The zero-order valence-corrected chi connectivity index (χ0v) is 12.5. The zero-order valence-electron chi connectivity index (χ0n) is 12.5. The van der Waals surface area contributed by atoms with Crippen LogP contribution in [0.2, 0.25) is 0 Å². The van der Waals surface area contributed by atoms with Crippen molar-refractivity contribution in [1.82, 2.24) is 9.78 Å². The van der Waals surface area contributed by atoms with Crippen molar-refractivity contribution >= 4 is 11.8 Å². The molecule has 2 atom stereocenters. The summed E-state index contributed by atoms with van der Waals surface area (Å²) in [5.74, 6) is -0.893. The van der Waals surface area contributed by atoms with E-state index in [0.29, 0.717) is 16.0 Å². The molecule has 0 bridgehead atoms. The number of hydrogen-bond acceptors (Lipinski definition) is 4. The minimum atomic E-state index is -4.54. The van der Waals surface area contributed by atoms with Gasteiger partial charge in [0.15, 0.2) is 6.04 Å². The van der Waals surface area contributed by atoms with Gasteiger partial charge in [-0.2, -0.15) is 18.3 Å². The van der Waals surface area contributed by atoms with Crippen molar-refractivity contribution < 1.29 is 27.8 Å². The standard InChI is InChI=1S/C15H14F3N3O3/c1-24-9-4-2-8(3-5-9)11-6-12(15(16,17)18)21-13(20-11)10(7-19-21)14(22)23/h2-5,7,11-12,20H,6H2,1H3,(H,22,23)/t11-,12-/m1/s1. The Morgan fingerprint density at radius 3 is 2.58 bits per heavy atom. The Kier molecular flexibility index (Phi) is 3.86. The molecule has 0 spiro atoms. The first kappa shape index (κ1) is 16.2. The molecule has 1 aromatic carbocycles. The maximum Gasteiger partial charge on any atom is 0.410 e. The van der Waals surface area contributed by atoms with Crippen LogP contribution in [-0.2, 0) is 0 Å². The fraction of sp³-hybridized carbons (Fsp3) is 0.333. The van der Waals surface area contributed by atoms with E-state index >= 15 is 0 Å². The van der Waals surface area contributed by atoms with Crippen LogP contribution in [0.3, 0.4) is 0 Å². The number of aromatic nitrogens is 2. The number of rotatable bonds is 3. The molecule has 3 rings (SSSR count). The summed E-state index contributed by atoms with van der Waals surface area (Å²) in [5.41, 5.74) is 0.316. The van der Waals surface area contributed by atoms with Gasteiger partial charge in [0.2, 0.25) is 0 Å². The van der Waals surface area contributed by atoms with Crippen molar-refractivity contribution in [3.63, 3.8) is 0 Å². The molecule has 2 heterocycles. The van der Waals surface area contributed by atoms with Gasteiger partial charge in [-0.25, -0.2) is 9.48 Å². The lowest BCUT2D eigenvalue weighted by molar-refractivity contribution is -0.173. The Labute approximate surface area is 134 Å². The summed E-state index contributed by atoms with van der Waals surface area (Å²) in [6.45, 7) is 0. The third-order valence-electron chi connectivity index (χ3n) is 3.99. The van der Waals surface area contributed by atoms with Gasteiger partial charge in [0, 0.05) is 6.42 Å². The molecule has 2 N–H and O–H groups in total. The summed E-state index contributed by atoms with van der Waals surface area (Å²) in [7, 11) is 1.49. The van der Waals surface area contributed by atoms with Gasteiger partial charge in [-0.15, -0.1) is 0 Å². The number of hydrogen-bond donors (Lipinski definition) is 2. The van der Waals surface area contributed by atoms with Crippen LogP contribution in [0, 0.1) is 0 Å². The fourth-order valence-electron chi connectivity index (χ4n) is 2.77. The minimum absolute atomic E-state index is 0.142. The predicted octanol–water partition coefficient (Wildman–Crippen LogP) is 3.25. The predicted molar refractivity (Wildman–Crippen MR) is 78.3 cm³/mol. The van der Waals surface area contributed by atoms with Gasteiger partial charge in [0.1, 0.15) is 17.1 Å². The molecular weight excluding hydrogens is 327 g/mol. The molecule has 0 aliphatic carbocycles. The summed E-state index contributed by atoms with van der Waals surface area (Å²) in [5, 5.41) is 15.6. The largest absolute Gasteiger partial charge is 0.497 e. The molecule has 0 saturated heterocycles. The van der Waals surface area contributed by atoms with Crippen molar-refractivity contribution in [2.24, 2.45) is 0 Å². The monoisotopic (exact) mass is 341 g/mol. The maximum absolute atomic E-state index is 13.4. The lowest BCUT2D eigenvalue weighted by Gasteiger charge is -2.33. The first-order valence-electron chi connectivity index (χ1n) is 7.09. The number of carboxylic acids is 1. The molecule has 6 nitrogen and oxygen atoms in total. The van der Waals surface area contributed by atoms with Crippen molar-refractivity contribution in [2.75, 3.05) is 12.4 Å². The Bertz CT molecular complexity index is 756. The lowest BCUT2D eigenvalue weighted by Crippen LogP contribution is -2.36. The molecule has 1 aliphatic heterocycles. The number of alkyl halides is 3. The van der Waals surface area contributed by atoms with E-state index in [4.69, 9.17) is 9.84 Å². The third kappa shape index (κ3) is 2.77. The van der Waals surface area contributed by atoms with Crippen LogP contribution in [0.25, 0.3) is 0 Å². The topological polar surface area (TPSA) is 76.4 Å². The average molecular weight is 341 g/mol. The van der Waals surface area contributed by atoms with E-state index in [1.54, 1.807) is 24.3 Å². The van der Waals surface area contributed by atoms with E-state index in [9.17, 15) is 18.0 Å². The summed E-state index contributed by atoms with van der Waals surface area (Å²) >= 11 is 0. The third-order valence-corrected chi connectivity index (χ3v) is 3.99. The summed E-state index contributed by atoms with van der Waals surface area (Å²) in [4.78, 5) is 11.2. The van der Waals surface area contributed by atoms with Crippen LogP contribution in [0.5, 0.6) is 5.75 Å². The highest BCUT2D eigenvalue weighted by Crippen LogP contribution is 2.44. The van der Waals surface area contributed by atoms with E-state index in [1.165, 1.54) is 7.11 Å². The molecule has 128 valence electrons. The minimum Gasteiger partial charge on any atom is -0.497 e. The Morgan fingerprint density at radius 1 is 1.38 bits per heavy atom. The Hall–Kier alpha value is -2.71. The number of carboxylic acid groups (broad SMARTS) is 1. The van der Waals surface area contributed by atoms with E-state index in [1.807, 2.05) is 0 Å². The van der Waals surface area contributed by atoms with Crippen molar-refractivity contribution in [3.8, 4) is 5.75 Å². The normalized spacial score (nSPS) is 20.2. The number of halogens is 3. The Balaban J connectivity index is 2.02. The molecule has 0 fully saturated rings. The van der Waals surface area contributed by atoms with E-state index in [-0.39, 0.29) is 17.8 Å². The highest BCUT2D eigenvalue weighted by molar-refractivity contribution is 5.93. The highest BCUT2D eigenvalue weighted by Gasteiger charge is 2.47. The number of nitrogens with zero attached hydrogens (tertiary/aromatic N) is 2.